The number of hydrogen-bond donors (Lipinski definition) is 4. The second-order valence-electron chi connectivity index (χ2n) is 8.04. The van der Waals surface area contributed by atoms with Crippen molar-refractivity contribution in [2.45, 2.75) is 32.9 Å². The van der Waals surface area contributed by atoms with E-state index in [9.17, 15) is 24.6 Å². The number of halogens is 1. The number of carbonyl (C=O) groups is 2. The smallest absolute Gasteiger partial charge is 0.319 e. The molecule has 0 spiro atoms. The molecular formula is C25H26ClN3O6. The van der Waals surface area contributed by atoms with Crippen LogP contribution in [-0.4, -0.2) is 33.9 Å². The molecule has 9 nitrogen and oxygen atoms in total. The number of hydrogen-bond acceptors (Lipinski definition) is 5. The van der Waals surface area contributed by atoms with Gasteiger partial charge in [0, 0.05) is 16.8 Å². The molecule has 10 heteroatoms. The fourth-order valence-electron chi connectivity index (χ4n) is 3.62. The van der Waals surface area contributed by atoms with Crippen molar-refractivity contribution in [1.29, 1.82) is 0 Å². The predicted molar refractivity (Wildman–Crippen MR) is 133 cm³/mol. The van der Waals surface area contributed by atoms with E-state index in [2.05, 4.69) is 10.6 Å². The molecule has 35 heavy (non-hydrogen) atoms. The third-order valence-corrected chi connectivity index (χ3v) is 5.86. The molecule has 0 unspecified atom stereocenters. The number of aliphatic carboxylic acids is 1. The van der Waals surface area contributed by atoms with Crippen LogP contribution in [-0.2, 0) is 11.3 Å². The van der Waals surface area contributed by atoms with Crippen LogP contribution in [0, 0.1) is 13.8 Å². The molecule has 184 valence electrons. The first kappa shape index (κ1) is 25.6. The quantitative estimate of drug-likeness (QED) is 0.367. The van der Waals surface area contributed by atoms with Gasteiger partial charge in [-0.3, -0.25) is 9.59 Å². The number of aryl methyl sites for hydroxylation is 2. The molecular weight excluding hydrogens is 474 g/mol. The SMILES string of the molecule is COc1cc([C@H](CC(=O)O)NC(=O)Nc2c(O)c(C)cn(Cc3ccccc3Cl)c2=O)ccc1C. The van der Waals surface area contributed by atoms with E-state index >= 15 is 0 Å². The number of urea groups is 1. The molecule has 1 aromatic heterocycles. The van der Waals surface area contributed by atoms with Gasteiger partial charge in [0.15, 0.2) is 5.69 Å². The maximum absolute atomic E-state index is 13.1. The number of nitrogens with zero attached hydrogens (tertiary/aromatic N) is 1. The van der Waals surface area contributed by atoms with Crippen LogP contribution >= 0.6 is 11.6 Å². The number of carboxylic acid groups (broad SMARTS) is 1. The molecule has 0 radical (unpaired) electrons. The van der Waals surface area contributed by atoms with Crippen molar-refractivity contribution in [3.05, 3.63) is 86.3 Å². The van der Waals surface area contributed by atoms with Crippen molar-refractivity contribution in [2.75, 3.05) is 12.4 Å². The number of pyridine rings is 1. The van der Waals surface area contributed by atoms with Crippen LogP contribution < -0.4 is 20.9 Å². The summed E-state index contributed by atoms with van der Waals surface area (Å²) in [4.78, 5) is 37.3. The van der Waals surface area contributed by atoms with Gasteiger partial charge in [0.25, 0.3) is 5.56 Å². The Morgan fingerprint density at radius 1 is 1.14 bits per heavy atom. The van der Waals surface area contributed by atoms with Crippen LogP contribution in [0.1, 0.15) is 34.7 Å². The molecule has 0 saturated carbocycles. The van der Waals surface area contributed by atoms with Crippen molar-refractivity contribution in [3.63, 3.8) is 0 Å². The molecule has 4 N–H and O–H groups in total. The molecule has 3 aromatic rings. The first-order valence-corrected chi connectivity index (χ1v) is 11.1. The van der Waals surface area contributed by atoms with Gasteiger partial charge < -0.3 is 30.2 Å². The predicted octanol–water partition coefficient (Wildman–Crippen LogP) is 4.22. The normalized spacial score (nSPS) is 11.5. The lowest BCUT2D eigenvalue weighted by molar-refractivity contribution is -0.137. The molecule has 0 bridgehead atoms. The van der Waals surface area contributed by atoms with E-state index in [1.807, 2.05) is 6.92 Å². The minimum Gasteiger partial charge on any atom is -0.505 e. The van der Waals surface area contributed by atoms with Crippen LogP contribution in [0.25, 0.3) is 0 Å². The summed E-state index contributed by atoms with van der Waals surface area (Å²) in [6.45, 7) is 3.55. The van der Waals surface area contributed by atoms with E-state index in [1.165, 1.54) is 17.9 Å². The zero-order valence-corrected chi connectivity index (χ0v) is 20.2. The summed E-state index contributed by atoms with van der Waals surface area (Å²) in [5.74, 6) is -0.971. The van der Waals surface area contributed by atoms with Gasteiger partial charge in [-0.05, 0) is 42.7 Å². The number of aromatic nitrogens is 1. The van der Waals surface area contributed by atoms with E-state index in [4.69, 9.17) is 16.3 Å². The summed E-state index contributed by atoms with van der Waals surface area (Å²) < 4.78 is 6.62. The number of methoxy groups -OCH3 is 1. The topological polar surface area (TPSA) is 130 Å². The first-order valence-electron chi connectivity index (χ1n) is 10.7. The Labute approximate surface area is 206 Å². The van der Waals surface area contributed by atoms with Crippen LogP contribution in [0.2, 0.25) is 5.02 Å². The van der Waals surface area contributed by atoms with Gasteiger partial charge in [-0.2, -0.15) is 0 Å². The highest BCUT2D eigenvalue weighted by Gasteiger charge is 2.22. The Morgan fingerprint density at radius 2 is 1.86 bits per heavy atom. The van der Waals surface area contributed by atoms with Crippen LogP contribution in [0.3, 0.4) is 0 Å². The van der Waals surface area contributed by atoms with Gasteiger partial charge in [-0.15, -0.1) is 0 Å². The fourth-order valence-corrected chi connectivity index (χ4v) is 3.82. The number of ether oxygens (including phenoxy) is 1. The monoisotopic (exact) mass is 499 g/mol. The van der Waals surface area contributed by atoms with Crippen LogP contribution in [0.15, 0.2) is 53.5 Å². The summed E-state index contributed by atoms with van der Waals surface area (Å²) in [5, 5.41) is 25.2. The number of nitrogens with one attached hydrogen (secondary N) is 2. The maximum Gasteiger partial charge on any atom is 0.319 e. The van der Waals surface area contributed by atoms with Crippen molar-refractivity contribution >= 4 is 29.3 Å². The van der Waals surface area contributed by atoms with Gasteiger partial charge in [0.05, 0.1) is 26.1 Å². The minimum atomic E-state index is -1.13. The summed E-state index contributed by atoms with van der Waals surface area (Å²) in [6.07, 6.45) is 1.06. The molecule has 0 fully saturated rings. The van der Waals surface area contributed by atoms with Crippen LogP contribution in [0.4, 0.5) is 10.5 Å². The molecule has 0 aliphatic carbocycles. The lowest BCUT2D eigenvalue weighted by atomic mass is 10.0. The number of anilines is 1. The van der Waals surface area contributed by atoms with Gasteiger partial charge >= 0.3 is 12.0 Å². The average Bonchev–Trinajstić information content (AvgIpc) is 2.81. The second-order valence-corrected chi connectivity index (χ2v) is 8.45. The molecule has 0 saturated heterocycles. The van der Waals surface area contributed by atoms with Gasteiger partial charge in [-0.25, -0.2) is 4.79 Å². The summed E-state index contributed by atoms with van der Waals surface area (Å²) in [7, 11) is 1.49. The molecule has 0 aliphatic rings. The third kappa shape index (κ3) is 6.13. The lowest BCUT2D eigenvalue weighted by Gasteiger charge is -2.20. The van der Waals surface area contributed by atoms with E-state index in [0.717, 1.165) is 5.56 Å². The zero-order chi connectivity index (χ0) is 25.7. The van der Waals surface area contributed by atoms with Crippen molar-refractivity contribution in [1.82, 2.24) is 9.88 Å². The Kier molecular flexibility index (Phi) is 8.03. The van der Waals surface area contributed by atoms with E-state index in [0.29, 0.717) is 27.5 Å². The third-order valence-electron chi connectivity index (χ3n) is 5.49. The Hall–Kier alpha value is -3.98. The molecule has 1 heterocycles. The molecule has 0 aliphatic heterocycles. The van der Waals surface area contributed by atoms with Crippen molar-refractivity contribution < 1.29 is 24.5 Å². The number of carbonyl (C=O) groups excluding carboxylic acids is 1. The average molecular weight is 500 g/mol. The first-order chi connectivity index (χ1) is 16.6. The summed E-state index contributed by atoms with van der Waals surface area (Å²) >= 11 is 6.21. The fraction of sp³-hybridized carbons (Fsp3) is 0.240. The van der Waals surface area contributed by atoms with Gasteiger partial charge in [-0.1, -0.05) is 41.9 Å². The number of rotatable bonds is 8. The van der Waals surface area contributed by atoms with Crippen LogP contribution in [0.5, 0.6) is 11.5 Å². The largest absolute Gasteiger partial charge is 0.505 e. The zero-order valence-electron chi connectivity index (χ0n) is 19.5. The van der Waals surface area contributed by atoms with E-state index in [1.54, 1.807) is 49.4 Å². The van der Waals surface area contributed by atoms with Gasteiger partial charge in [0.1, 0.15) is 11.5 Å². The molecule has 2 amide bonds. The number of carboxylic acids is 1. The molecule has 2 aromatic carbocycles. The van der Waals surface area contributed by atoms with Crippen molar-refractivity contribution in [3.8, 4) is 11.5 Å². The minimum absolute atomic E-state index is 0.126. The Bertz CT molecular complexity index is 1320. The van der Waals surface area contributed by atoms with Gasteiger partial charge in [0.2, 0.25) is 0 Å². The molecule has 1 atom stereocenters. The summed E-state index contributed by atoms with van der Waals surface area (Å²) in [6, 6.07) is 10.3. The maximum atomic E-state index is 13.1. The second kappa shape index (κ2) is 11.0. The Balaban J connectivity index is 1.88. The standard InChI is InChI=1S/C25H26ClN3O6/c1-14-8-9-16(10-20(14)35-3)19(11-21(30)31)27-25(34)28-22-23(32)15(2)12-29(24(22)33)13-17-6-4-5-7-18(17)26/h4-10,12,19,32H,11,13H2,1-3H3,(H,30,31)(H2,27,28,34)/t19-/m0/s1. The highest BCUT2D eigenvalue weighted by Crippen LogP contribution is 2.27. The number of aromatic hydroxyl groups is 1. The Morgan fingerprint density at radius 3 is 2.51 bits per heavy atom. The summed E-state index contributed by atoms with van der Waals surface area (Å²) in [5.41, 5.74) is 1.43. The molecule has 3 rings (SSSR count). The number of amides is 2. The van der Waals surface area contributed by atoms with E-state index < -0.39 is 30.0 Å². The highest BCUT2D eigenvalue weighted by atomic mass is 35.5. The number of benzene rings is 2. The lowest BCUT2D eigenvalue weighted by Crippen LogP contribution is -2.36. The van der Waals surface area contributed by atoms with Crippen molar-refractivity contribution in [2.24, 2.45) is 0 Å². The highest BCUT2D eigenvalue weighted by molar-refractivity contribution is 6.31. The van der Waals surface area contributed by atoms with E-state index in [-0.39, 0.29) is 18.0 Å².